The maximum Gasteiger partial charge on any atom is 0.306 e. The molecule has 6 atom stereocenters. The van der Waals surface area contributed by atoms with Crippen LogP contribution in [0.1, 0.15) is 213 Å². The number of ether oxygens (including phenoxy) is 4. The molecular formula is C46H86O12S. The lowest BCUT2D eigenvalue weighted by molar-refractivity contribution is -0.297. The van der Waals surface area contributed by atoms with Crippen molar-refractivity contribution in [3.05, 3.63) is 12.2 Å². The highest BCUT2D eigenvalue weighted by molar-refractivity contribution is 7.85. The van der Waals surface area contributed by atoms with Crippen molar-refractivity contribution in [1.29, 1.82) is 0 Å². The number of hydrogen-bond donors (Lipinski definition) is 4. The van der Waals surface area contributed by atoms with Crippen LogP contribution >= 0.6 is 0 Å². The monoisotopic (exact) mass is 863 g/mol. The second-order valence-corrected chi connectivity index (χ2v) is 18.3. The molecule has 0 bridgehead atoms. The first-order valence-corrected chi connectivity index (χ1v) is 25.4. The molecule has 59 heavy (non-hydrogen) atoms. The van der Waals surface area contributed by atoms with Gasteiger partial charge in [0.05, 0.1) is 6.61 Å². The molecular weight excluding hydrogens is 777 g/mol. The van der Waals surface area contributed by atoms with Gasteiger partial charge in [-0.15, -0.1) is 0 Å². The van der Waals surface area contributed by atoms with E-state index in [1.807, 2.05) is 0 Å². The van der Waals surface area contributed by atoms with Gasteiger partial charge in [0.1, 0.15) is 36.8 Å². The fraction of sp³-hybridized carbons (Fsp3) is 0.913. The minimum atomic E-state index is -4.60. The molecule has 0 radical (unpaired) electrons. The first-order valence-electron chi connectivity index (χ1n) is 23.7. The number of hydrogen-bond acceptors (Lipinski definition) is 11. The molecule has 1 rings (SSSR count). The standard InChI is InChI=1S/C46H86O12S/c1-3-5-7-9-11-13-15-17-19-21-23-25-27-29-31-33-35-42(48)57-39(37-56-46-45(51)44(50)43(49)40(58-46)38-59(52,53)54)36-55-41(47)34-32-30-28-26-24-22-20-18-16-14-12-10-8-6-4-2/h19,21,39-40,43-46,49-51H,3-18,20,22-38H2,1-2H3,(H,52,53,54)/b21-19-. The third kappa shape index (κ3) is 31.8. The summed E-state index contributed by atoms with van der Waals surface area (Å²) in [6.45, 7) is 3.77. The average molecular weight is 863 g/mol. The summed E-state index contributed by atoms with van der Waals surface area (Å²) in [5, 5.41) is 30.9. The van der Waals surface area contributed by atoms with E-state index in [2.05, 4.69) is 26.0 Å². The summed E-state index contributed by atoms with van der Waals surface area (Å²) in [4.78, 5) is 25.4. The highest BCUT2D eigenvalue weighted by atomic mass is 32.2. The quantitative estimate of drug-likeness (QED) is 0.0198. The van der Waals surface area contributed by atoms with Crippen molar-refractivity contribution in [3.8, 4) is 0 Å². The number of allylic oxidation sites excluding steroid dienone is 2. The number of rotatable bonds is 40. The molecule has 1 aliphatic heterocycles. The third-order valence-electron chi connectivity index (χ3n) is 11.1. The SMILES string of the molecule is CCCCCCCCC/C=C\CCCCCCCC(=O)OC(COC(=O)CCCCCCCCCCCCCCCCC)COC1OC(CS(=O)(=O)O)C(O)C(O)C1O. The van der Waals surface area contributed by atoms with Crippen LogP contribution in [-0.4, -0.2) is 96.0 Å². The summed E-state index contributed by atoms with van der Waals surface area (Å²) >= 11 is 0. The second kappa shape index (κ2) is 37.0. The lowest BCUT2D eigenvalue weighted by Gasteiger charge is -2.40. The smallest absolute Gasteiger partial charge is 0.306 e. The zero-order chi connectivity index (χ0) is 43.4. The van der Waals surface area contributed by atoms with Crippen LogP contribution in [-0.2, 0) is 38.7 Å². The fourth-order valence-corrected chi connectivity index (χ4v) is 8.07. The Bertz CT molecular complexity index is 1150. The highest BCUT2D eigenvalue weighted by Crippen LogP contribution is 2.24. The van der Waals surface area contributed by atoms with Gasteiger partial charge in [0, 0.05) is 12.8 Å². The van der Waals surface area contributed by atoms with E-state index < -0.39 is 71.2 Å². The summed E-state index contributed by atoms with van der Waals surface area (Å²) < 4.78 is 54.1. The summed E-state index contributed by atoms with van der Waals surface area (Å²) in [6, 6.07) is 0. The van der Waals surface area contributed by atoms with Gasteiger partial charge in [-0.1, -0.05) is 174 Å². The predicted molar refractivity (Wildman–Crippen MR) is 234 cm³/mol. The van der Waals surface area contributed by atoms with Crippen molar-refractivity contribution < 1.29 is 56.8 Å². The molecule has 4 N–H and O–H groups in total. The number of aliphatic hydroxyl groups is 3. The van der Waals surface area contributed by atoms with Gasteiger partial charge in [0.25, 0.3) is 10.1 Å². The molecule has 1 aliphatic rings. The number of carbonyl (C=O) groups is 2. The van der Waals surface area contributed by atoms with Crippen molar-refractivity contribution >= 4 is 22.1 Å². The van der Waals surface area contributed by atoms with E-state index in [0.29, 0.717) is 12.8 Å². The van der Waals surface area contributed by atoms with Crippen LogP contribution in [0.5, 0.6) is 0 Å². The number of unbranched alkanes of at least 4 members (excludes halogenated alkanes) is 26. The van der Waals surface area contributed by atoms with Gasteiger partial charge in [-0.25, -0.2) is 0 Å². The van der Waals surface area contributed by atoms with Crippen LogP contribution in [0.25, 0.3) is 0 Å². The molecule has 12 nitrogen and oxygen atoms in total. The summed E-state index contributed by atoms with van der Waals surface area (Å²) in [5.41, 5.74) is 0. The van der Waals surface area contributed by atoms with E-state index in [1.54, 1.807) is 0 Å². The third-order valence-corrected chi connectivity index (χ3v) is 11.8. The topological polar surface area (TPSA) is 186 Å². The second-order valence-electron chi connectivity index (χ2n) is 16.8. The molecule has 13 heteroatoms. The van der Waals surface area contributed by atoms with Crippen LogP contribution in [0.2, 0.25) is 0 Å². The molecule has 0 amide bonds. The molecule has 0 aromatic rings. The van der Waals surface area contributed by atoms with E-state index in [9.17, 15) is 37.9 Å². The lowest BCUT2D eigenvalue weighted by Crippen LogP contribution is -2.60. The molecule has 1 heterocycles. The predicted octanol–water partition coefficient (Wildman–Crippen LogP) is 9.84. The molecule has 1 saturated heterocycles. The van der Waals surface area contributed by atoms with Crippen LogP contribution < -0.4 is 0 Å². The zero-order valence-corrected chi connectivity index (χ0v) is 37.9. The van der Waals surface area contributed by atoms with Gasteiger partial charge in [0.2, 0.25) is 0 Å². The largest absolute Gasteiger partial charge is 0.462 e. The first-order chi connectivity index (χ1) is 28.5. The van der Waals surface area contributed by atoms with Gasteiger partial charge in [-0.2, -0.15) is 8.42 Å². The Labute approximate surface area is 358 Å². The summed E-state index contributed by atoms with van der Waals surface area (Å²) in [6.07, 6.45) is 29.6. The number of esters is 2. The average Bonchev–Trinajstić information content (AvgIpc) is 3.20. The number of carbonyl (C=O) groups excluding carboxylic acids is 2. The zero-order valence-electron chi connectivity index (χ0n) is 37.1. The lowest BCUT2D eigenvalue weighted by atomic mass is 10.00. The molecule has 348 valence electrons. The fourth-order valence-electron chi connectivity index (χ4n) is 7.38. The molecule has 0 aromatic carbocycles. The van der Waals surface area contributed by atoms with E-state index in [1.165, 1.54) is 116 Å². The highest BCUT2D eigenvalue weighted by Gasteiger charge is 2.46. The van der Waals surface area contributed by atoms with Crippen molar-refractivity contribution in [1.82, 2.24) is 0 Å². The van der Waals surface area contributed by atoms with Crippen molar-refractivity contribution in [2.24, 2.45) is 0 Å². The first kappa shape index (κ1) is 55.4. The molecule has 1 fully saturated rings. The maximum absolute atomic E-state index is 12.8. The van der Waals surface area contributed by atoms with Crippen LogP contribution in [0.3, 0.4) is 0 Å². The molecule has 6 unspecified atom stereocenters. The Morgan fingerprint density at radius 3 is 1.41 bits per heavy atom. The van der Waals surface area contributed by atoms with Gasteiger partial charge in [-0.05, 0) is 38.5 Å². The molecule has 0 spiro atoms. The van der Waals surface area contributed by atoms with Gasteiger partial charge >= 0.3 is 11.9 Å². The van der Waals surface area contributed by atoms with E-state index >= 15 is 0 Å². The Hall–Kier alpha value is -1.61. The number of aliphatic hydroxyl groups excluding tert-OH is 3. The van der Waals surface area contributed by atoms with Crippen molar-refractivity contribution in [3.63, 3.8) is 0 Å². The van der Waals surface area contributed by atoms with Crippen LogP contribution in [0.4, 0.5) is 0 Å². The molecule has 0 aromatic heterocycles. The van der Waals surface area contributed by atoms with E-state index in [0.717, 1.165) is 57.8 Å². The van der Waals surface area contributed by atoms with E-state index in [-0.39, 0.29) is 19.4 Å². The van der Waals surface area contributed by atoms with Crippen molar-refractivity contribution in [2.45, 2.75) is 250 Å². The van der Waals surface area contributed by atoms with Crippen LogP contribution in [0, 0.1) is 0 Å². The van der Waals surface area contributed by atoms with Gasteiger partial charge in [0.15, 0.2) is 12.4 Å². The Morgan fingerprint density at radius 1 is 0.559 bits per heavy atom. The minimum absolute atomic E-state index is 0.159. The maximum atomic E-state index is 12.8. The molecule has 0 saturated carbocycles. The molecule has 0 aliphatic carbocycles. The normalized spacial score (nSPS) is 20.3. The van der Waals surface area contributed by atoms with Crippen LogP contribution in [0.15, 0.2) is 12.2 Å². The summed E-state index contributed by atoms with van der Waals surface area (Å²) in [7, 11) is -4.60. The van der Waals surface area contributed by atoms with Crippen molar-refractivity contribution in [2.75, 3.05) is 19.0 Å². The Kier molecular flexibility index (Phi) is 34.7. The Morgan fingerprint density at radius 2 is 0.966 bits per heavy atom. The van der Waals surface area contributed by atoms with Gasteiger partial charge in [-0.3, -0.25) is 14.1 Å². The summed E-state index contributed by atoms with van der Waals surface area (Å²) in [5.74, 6) is -1.98. The Balaban J connectivity index is 2.42. The van der Waals surface area contributed by atoms with E-state index in [4.69, 9.17) is 18.9 Å². The minimum Gasteiger partial charge on any atom is -0.462 e. The van der Waals surface area contributed by atoms with Gasteiger partial charge < -0.3 is 34.3 Å².